The van der Waals surface area contributed by atoms with Gasteiger partial charge in [0.15, 0.2) is 13.9 Å². The maximum atomic E-state index is 14.1. The molecule has 0 unspecified atom stereocenters. The van der Waals surface area contributed by atoms with E-state index in [9.17, 15) is 19.5 Å². The highest BCUT2D eigenvalue weighted by atomic mass is 28.4. The number of methoxy groups -OCH3 is 1. The van der Waals surface area contributed by atoms with E-state index in [1.807, 2.05) is 43.4 Å². The van der Waals surface area contributed by atoms with Crippen LogP contribution in [0.3, 0.4) is 0 Å². The molecule has 2 amide bonds. The summed E-state index contributed by atoms with van der Waals surface area (Å²) in [4.78, 5) is 41.7. The lowest BCUT2D eigenvalue weighted by Crippen LogP contribution is -2.68. The average molecular weight is 607 g/mol. The van der Waals surface area contributed by atoms with Gasteiger partial charge >= 0.3 is 18.2 Å². The smallest absolute Gasteiger partial charge is 0.410 e. The van der Waals surface area contributed by atoms with Crippen molar-refractivity contribution in [2.45, 2.75) is 115 Å². The van der Waals surface area contributed by atoms with Gasteiger partial charge in [-0.15, -0.1) is 6.58 Å². The van der Waals surface area contributed by atoms with Crippen LogP contribution in [0.1, 0.15) is 66.4 Å². The molecule has 1 aliphatic rings. The van der Waals surface area contributed by atoms with Gasteiger partial charge in [-0.3, -0.25) is 4.90 Å². The van der Waals surface area contributed by atoms with Crippen LogP contribution in [0.4, 0.5) is 9.59 Å². The Bertz CT molecular complexity index is 1080. The molecule has 0 spiro atoms. The predicted molar refractivity (Wildman–Crippen MR) is 163 cm³/mol. The summed E-state index contributed by atoms with van der Waals surface area (Å²) in [5.41, 5.74) is -1.95. The summed E-state index contributed by atoms with van der Waals surface area (Å²) in [6.45, 7) is 19.1. The van der Waals surface area contributed by atoms with E-state index in [0.717, 1.165) is 5.56 Å². The van der Waals surface area contributed by atoms with Crippen molar-refractivity contribution in [1.82, 2.24) is 10.2 Å². The first-order chi connectivity index (χ1) is 19.4. The van der Waals surface area contributed by atoms with Gasteiger partial charge in [-0.2, -0.15) is 0 Å². The fourth-order valence-corrected chi connectivity index (χ4v) is 5.79. The third-order valence-electron chi connectivity index (χ3n) is 8.03. The quantitative estimate of drug-likeness (QED) is 0.145. The zero-order valence-electron chi connectivity index (χ0n) is 26.7. The Balaban J connectivity index is 2.59. The summed E-state index contributed by atoms with van der Waals surface area (Å²) in [5.74, 6) is -0.806. The number of hydrogen-bond acceptors (Lipinski definition) is 8. The fourth-order valence-electron chi connectivity index (χ4n) is 4.77. The topological polar surface area (TPSA) is 124 Å². The highest BCUT2D eigenvalue weighted by molar-refractivity contribution is 6.74. The van der Waals surface area contributed by atoms with Crippen molar-refractivity contribution in [2.24, 2.45) is 0 Å². The molecule has 1 saturated heterocycles. The van der Waals surface area contributed by atoms with Crippen molar-refractivity contribution in [1.29, 1.82) is 0 Å². The normalized spacial score (nSPS) is 20.8. The molecule has 42 heavy (non-hydrogen) atoms. The molecule has 0 aromatic heterocycles. The molecule has 1 aliphatic heterocycles. The monoisotopic (exact) mass is 606 g/mol. The van der Waals surface area contributed by atoms with E-state index in [1.54, 1.807) is 26.8 Å². The van der Waals surface area contributed by atoms with E-state index >= 15 is 0 Å². The zero-order valence-corrected chi connectivity index (χ0v) is 27.7. The summed E-state index contributed by atoms with van der Waals surface area (Å²) in [7, 11) is -1.15. The van der Waals surface area contributed by atoms with Crippen LogP contribution in [0.25, 0.3) is 0 Å². The van der Waals surface area contributed by atoms with Crippen molar-refractivity contribution in [3.8, 4) is 0 Å². The maximum absolute atomic E-state index is 14.1. The standard InChI is InChI=1S/C31H50N2O8Si/c1-11-15-23-18-19-31(33(23)28(37)38-8,26(35)39-20-22-16-13-12-14-17-22)25(34)24(32-27(36)41-29(2,3)4)21-40-42(9,10)30(5,6)7/h11-14,16-17,23-25,34H,1,15,18-21H2,2-10H3,(H,32,36)/t23-,24+,25-,31+/m0/s1. The number of benzene rings is 1. The number of amides is 2. The van der Waals surface area contributed by atoms with Gasteiger partial charge in [0, 0.05) is 6.04 Å². The van der Waals surface area contributed by atoms with E-state index in [4.69, 9.17) is 18.6 Å². The van der Waals surface area contributed by atoms with Crippen LogP contribution in [0.15, 0.2) is 43.0 Å². The van der Waals surface area contributed by atoms with Crippen LogP contribution in [-0.4, -0.2) is 79.5 Å². The SMILES string of the molecule is C=CC[C@H]1CC[C@](C(=O)OCc2ccccc2)([C@@H](O)[C@@H](CO[Si](C)(C)C(C)(C)C)NC(=O)OC(C)(C)C)N1C(=O)OC. The van der Waals surface area contributed by atoms with Crippen LogP contribution in [-0.2, 0) is 30.0 Å². The van der Waals surface area contributed by atoms with Crippen LogP contribution in [0.2, 0.25) is 18.1 Å². The largest absolute Gasteiger partial charge is 0.459 e. The Labute approximate surface area is 251 Å². The predicted octanol–water partition coefficient (Wildman–Crippen LogP) is 5.55. The minimum Gasteiger partial charge on any atom is -0.459 e. The average Bonchev–Trinajstić information content (AvgIpc) is 3.28. The van der Waals surface area contributed by atoms with Crippen LogP contribution >= 0.6 is 0 Å². The zero-order chi connectivity index (χ0) is 31.9. The third-order valence-corrected chi connectivity index (χ3v) is 12.5. The molecule has 0 aliphatic carbocycles. The number of nitrogens with one attached hydrogen (secondary N) is 1. The number of aliphatic hydroxyl groups excluding tert-OH is 1. The lowest BCUT2D eigenvalue weighted by molar-refractivity contribution is -0.167. The number of nitrogens with zero attached hydrogens (tertiary/aromatic N) is 1. The van der Waals surface area contributed by atoms with Crippen molar-refractivity contribution in [3.05, 3.63) is 48.6 Å². The molecule has 0 bridgehead atoms. The number of aliphatic hydroxyl groups is 1. The Hall–Kier alpha value is -2.89. The molecule has 0 saturated carbocycles. The Morgan fingerprint density at radius 1 is 1.17 bits per heavy atom. The van der Waals surface area contributed by atoms with Crippen LogP contribution < -0.4 is 5.32 Å². The van der Waals surface area contributed by atoms with Gasteiger partial charge in [0.05, 0.1) is 19.8 Å². The molecule has 1 heterocycles. The van der Waals surface area contributed by atoms with Crippen molar-refractivity contribution in [3.63, 3.8) is 0 Å². The van der Waals surface area contributed by atoms with Gasteiger partial charge in [0.25, 0.3) is 0 Å². The van der Waals surface area contributed by atoms with Gasteiger partial charge in [0.2, 0.25) is 0 Å². The lowest BCUT2D eigenvalue weighted by Gasteiger charge is -2.44. The van der Waals surface area contributed by atoms with Gasteiger partial charge in [-0.25, -0.2) is 14.4 Å². The number of carbonyl (C=O) groups excluding carboxylic acids is 3. The molecular weight excluding hydrogens is 556 g/mol. The second-order valence-corrected chi connectivity index (χ2v) is 18.1. The molecular formula is C31H50N2O8Si. The summed E-state index contributed by atoms with van der Waals surface area (Å²) < 4.78 is 22.8. The number of ether oxygens (including phenoxy) is 3. The summed E-state index contributed by atoms with van der Waals surface area (Å²) in [5, 5.41) is 14.7. The summed E-state index contributed by atoms with van der Waals surface area (Å²) >= 11 is 0. The second-order valence-electron chi connectivity index (χ2n) is 13.3. The van der Waals surface area contributed by atoms with Gasteiger partial charge in [-0.1, -0.05) is 57.2 Å². The second kappa shape index (κ2) is 14.1. The summed E-state index contributed by atoms with van der Waals surface area (Å²) in [6, 6.07) is 7.49. The van der Waals surface area contributed by atoms with E-state index in [-0.39, 0.29) is 24.7 Å². The van der Waals surface area contributed by atoms with Gasteiger partial charge < -0.3 is 29.1 Å². The molecule has 11 heteroatoms. The van der Waals surface area contributed by atoms with Gasteiger partial charge in [0.1, 0.15) is 18.3 Å². The number of hydrogen-bond donors (Lipinski definition) is 2. The molecule has 4 atom stereocenters. The van der Waals surface area contributed by atoms with E-state index in [0.29, 0.717) is 12.8 Å². The van der Waals surface area contributed by atoms with Crippen LogP contribution in [0, 0.1) is 0 Å². The third kappa shape index (κ3) is 8.58. The number of likely N-dealkylation sites (tertiary alicyclic amines) is 1. The molecule has 10 nitrogen and oxygen atoms in total. The molecule has 2 rings (SSSR count). The van der Waals surface area contributed by atoms with Crippen molar-refractivity contribution < 1.29 is 38.1 Å². The van der Waals surface area contributed by atoms with Crippen LogP contribution in [0.5, 0.6) is 0 Å². The maximum Gasteiger partial charge on any atom is 0.410 e. The molecule has 1 aromatic carbocycles. The summed E-state index contributed by atoms with van der Waals surface area (Å²) in [6.07, 6.45) is -0.759. The molecule has 1 fully saturated rings. The number of carbonyl (C=O) groups is 3. The number of rotatable bonds is 11. The first-order valence-corrected chi connectivity index (χ1v) is 17.3. The molecule has 2 N–H and O–H groups in total. The Morgan fingerprint density at radius 2 is 1.79 bits per heavy atom. The first kappa shape index (κ1) is 35.3. The lowest BCUT2D eigenvalue weighted by atomic mass is 9.85. The highest BCUT2D eigenvalue weighted by Gasteiger charge is 2.62. The number of alkyl carbamates (subject to hydrolysis) is 1. The van der Waals surface area contributed by atoms with E-state index < -0.39 is 55.8 Å². The first-order valence-electron chi connectivity index (χ1n) is 14.4. The Kier molecular flexibility index (Phi) is 11.8. The fraction of sp³-hybridized carbons (Fsp3) is 0.645. The van der Waals surface area contributed by atoms with Gasteiger partial charge in [-0.05, 0) is 63.7 Å². The molecule has 236 valence electrons. The number of esters is 1. The molecule has 0 radical (unpaired) electrons. The van der Waals surface area contributed by atoms with Crippen molar-refractivity contribution >= 4 is 26.5 Å². The van der Waals surface area contributed by atoms with E-state index in [2.05, 4.69) is 32.7 Å². The highest BCUT2D eigenvalue weighted by Crippen LogP contribution is 2.42. The van der Waals surface area contributed by atoms with Crippen molar-refractivity contribution in [2.75, 3.05) is 13.7 Å². The molecule has 1 aromatic rings. The van der Waals surface area contributed by atoms with E-state index in [1.165, 1.54) is 12.0 Å². The Morgan fingerprint density at radius 3 is 2.31 bits per heavy atom. The minimum absolute atomic E-state index is 0.0695. The minimum atomic E-state index is -2.37.